The van der Waals surface area contributed by atoms with Crippen LogP contribution in [-0.2, 0) is 6.61 Å². The van der Waals surface area contributed by atoms with Crippen LogP contribution in [0.2, 0.25) is 0 Å². The molecule has 0 saturated heterocycles. The minimum atomic E-state index is -0.156. The molecule has 2 N–H and O–H groups in total. The number of benzene rings is 2. The first-order valence-electron chi connectivity index (χ1n) is 8.96. The summed E-state index contributed by atoms with van der Waals surface area (Å²) in [5.74, 6) is 0.723. The molecule has 4 rings (SSSR count). The van der Waals surface area contributed by atoms with Gasteiger partial charge in [-0.3, -0.25) is 4.79 Å². The Labute approximate surface area is 166 Å². The lowest BCUT2D eigenvalue weighted by Gasteiger charge is -2.06. The number of aromatic amines is 2. The SMILES string of the molecule is C.C=CC.CC.O=c1[nH]cnc2[nH]c3ccc(OCc4ccccc4)cc3c12. The van der Waals surface area contributed by atoms with Gasteiger partial charge >= 0.3 is 0 Å². The second-order valence-electron chi connectivity index (χ2n) is 5.47. The van der Waals surface area contributed by atoms with E-state index in [2.05, 4.69) is 21.5 Å². The molecule has 0 aliphatic rings. The molecule has 0 atom stereocenters. The maximum absolute atomic E-state index is 12.0. The molecule has 0 bridgehead atoms. The van der Waals surface area contributed by atoms with Gasteiger partial charge in [0.05, 0.1) is 11.7 Å². The summed E-state index contributed by atoms with van der Waals surface area (Å²) in [6.07, 6.45) is 3.15. The Hall–Kier alpha value is -3.34. The third-order valence-corrected chi connectivity index (χ3v) is 3.61. The van der Waals surface area contributed by atoms with Gasteiger partial charge in [0, 0.05) is 10.9 Å². The number of hydrogen-bond acceptors (Lipinski definition) is 3. The highest BCUT2D eigenvalue weighted by Crippen LogP contribution is 2.25. The average molecular weight is 380 g/mol. The number of nitrogens with one attached hydrogen (secondary N) is 2. The van der Waals surface area contributed by atoms with Crippen molar-refractivity contribution >= 4 is 21.9 Å². The summed E-state index contributed by atoms with van der Waals surface area (Å²) in [6.45, 7) is 9.74. The van der Waals surface area contributed by atoms with Gasteiger partial charge in [0.25, 0.3) is 5.56 Å². The molecule has 4 aromatic rings. The first kappa shape index (κ1) is 22.7. The van der Waals surface area contributed by atoms with Gasteiger partial charge in [-0.1, -0.05) is 57.7 Å². The van der Waals surface area contributed by atoms with Crippen LogP contribution in [0.25, 0.3) is 21.9 Å². The number of H-pyrrole nitrogens is 2. The molecule has 0 aliphatic heterocycles. The van der Waals surface area contributed by atoms with Crippen LogP contribution in [0.1, 0.15) is 33.8 Å². The molecule has 2 aromatic heterocycles. The zero-order valence-electron chi connectivity index (χ0n) is 16.0. The van der Waals surface area contributed by atoms with Gasteiger partial charge in [-0.05, 0) is 30.7 Å². The van der Waals surface area contributed by atoms with E-state index in [9.17, 15) is 4.79 Å². The van der Waals surface area contributed by atoms with Crippen molar-refractivity contribution < 1.29 is 4.74 Å². The number of aromatic nitrogens is 3. The molecule has 0 spiro atoms. The van der Waals surface area contributed by atoms with Crippen molar-refractivity contribution in [3.8, 4) is 5.75 Å². The zero-order chi connectivity index (χ0) is 19.6. The average Bonchev–Trinajstić information content (AvgIpc) is 3.08. The van der Waals surface area contributed by atoms with Crippen LogP contribution in [0, 0.1) is 0 Å². The zero-order valence-corrected chi connectivity index (χ0v) is 16.0. The number of nitrogens with zero attached hydrogens (tertiary/aromatic N) is 1. The third-order valence-electron chi connectivity index (χ3n) is 3.61. The van der Waals surface area contributed by atoms with Crippen LogP contribution < -0.4 is 10.3 Å². The first-order chi connectivity index (χ1) is 13.2. The Morgan fingerprint density at radius 3 is 2.50 bits per heavy atom. The standard InChI is InChI=1S/C17H13N3O2.C3H6.C2H6.CH4/c21-17-15-13-8-12(22-9-11-4-2-1-3-5-11)6-7-14(13)20-16(15)18-10-19-17;1-3-2;1-2;/h1-8,10H,9H2,(H2,18,19,20,21);3H,1H2,2H3;1-2H3;1H4. The van der Waals surface area contributed by atoms with Crippen LogP contribution in [0.3, 0.4) is 0 Å². The predicted molar refractivity (Wildman–Crippen MR) is 119 cm³/mol. The summed E-state index contributed by atoms with van der Waals surface area (Å²) < 4.78 is 5.81. The van der Waals surface area contributed by atoms with Crippen LogP contribution in [0.15, 0.2) is 72.3 Å². The first-order valence-corrected chi connectivity index (χ1v) is 8.96. The summed E-state index contributed by atoms with van der Waals surface area (Å²) in [6, 6.07) is 15.6. The fourth-order valence-corrected chi connectivity index (χ4v) is 2.54. The minimum absolute atomic E-state index is 0. The number of hydrogen-bond donors (Lipinski definition) is 2. The highest BCUT2D eigenvalue weighted by atomic mass is 16.5. The summed E-state index contributed by atoms with van der Waals surface area (Å²) >= 11 is 0. The molecule has 2 heterocycles. The van der Waals surface area contributed by atoms with E-state index in [1.807, 2.05) is 69.3 Å². The molecular weight excluding hydrogens is 350 g/mol. The smallest absolute Gasteiger partial charge is 0.260 e. The highest BCUT2D eigenvalue weighted by Gasteiger charge is 2.09. The fourth-order valence-electron chi connectivity index (χ4n) is 2.54. The van der Waals surface area contributed by atoms with Crippen molar-refractivity contribution in [3.05, 3.63) is 83.4 Å². The van der Waals surface area contributed by atoms with Crippen LogP contribution in [0.4, 0.5) is 0 Å². The molecule has 0 radical (unpaired) electrons. The third kappa shape index (κ3) is 5.33. The number of fused-ring (bicyclic) bond motifs is 3. The number of allylic oxidation sites excluding steroid dienone is 1. The van der Waals surface area contributed by atoms with Gasteiger partial charge in [-0.2, -0.15) is 0 Å². The van der Waals surface area contributed by atoms with E-state index in [1.165, 1.54) is 6.33 Å². The molecule has 28 heavy (non-hydrogen) atoms. The highest BCUT2D eigenvalue weighted by molar-refractivity contribution is 6.05. The lowest BCUT2D eigenvalue weighted by molar-refractivity contribution is 0.306. The Morgan fingerprint density at radius 2 is 1.82 bits per heavy atom. The summed E-state index contributed by atoms with van der Waals surface area (Å²) in [4.78, 5) is 21.9. The van der Waals surface area contributed by atoms with Gasteiger partial charge in [0.2, 0.25) is 0 Å². The molecule has 2 aromatic carbocycles. The second-order valence-corrected chi connectivity index (χ2v) is 5.47. The van der Waals surface area contributed by atoms with Gasteiger partial charge < -0.3 is 14.7 Å². The monoisotopic (exact) mass is 379 g/mol. The van der Waals surface area contributed by atoms with E-state index >= 15 is 0 Å². The maximum Gasteiger partial charge on any atom is 0.260 e. The van der Waals surface area contributed by atoms with E-state index in [0.717, 1.165) is 22.2 Å². The Bertz CT molecular complexity index is 1050. The van der Waals surface area contributed by atoms with E-state index in [0.29, 0.717) is 17.6 Å². The quantitative estimate of drug-likeness (QED) is 0.439. The van der Waals surface area contributed by atoms with Gasteiger partial charge in [0.1, 0.15) is 18.0 Å². The predicted octanol–water partition coefficient (Wildman–Crippen LogP) is 5.84. The van der Waals surface area contributed by atoms with Gasteiger partial charge in [-0.25, -0.2) is 4.98 Å². The molecular formula is C23H29N3O2. The lowest BCUT2D eigenvalue weighted by Crippen LogP contribution is -2.04. The van der Waals surface area contributed by atoms with Gasteiger partial charge in [0.15, 0.2) is 0 Å². The van der Waals surface area contributed by atoms with E-state index < -0.39 is 0 Å². The van der Waals surface area contributed by atoms with Crippen LogP contribution in [-0.4, -0.2) is 15.0 Å². The van der Waals surface area contributed by atoms with Crippen LogP contribution in [0.5, 0.6) is 5.75 Å². The summed E-state index contributed by atoms with van der Waals surface area (Å²) in [5.41, 5.74) is 2.39. The molecule has 0 amide bonds. The number of rotatable bonds is 3. The van der Waals surface area contributed by atoms with E-state index in [1.54, 1.807) is 6.08 Å². The van der Waals surface area contributed by atoms with Crippen molar-refractivity contribution in [2.75, 3.05) is 0 Å². The molecule has 0 aliphatic carbocycles. The lowest BCUT2D eigenvalue weighted by atomic mass is 10.2. The molecule has 0 fully saturated rings. The molecule has 5 nitrogen and oxygen atoms in total. The van der Waals surface area contributed by atoms with Crippen molar-refractivity contribution in [2.45, 2.75) is 34.8 Å². The molecule has 0 unspecified atom stereocenters. The van der Waals surface area contributed by atoms with Crippen LogP contribution >= 0.6 is 0 Å². The van der Waals surface area contributed by atoms with Crippen molar-refractivity contribution in [2.24, 2.45) is 0 Å². The van der Waals surface area contributed by atoms with Crippen molar-refractivity contribution in [1.82, 2.24) is 15.0 Å². The molecule has 5 heteroatoms. The van der Waals surface area contributed by atoms with E-state index in [-0.39, 0.29) is 13.0 Å². The van der Waals surface area contributed by atoms with Crippen molar-refractivity contribution in [1.29, 1.82) is 0 Å². The van der Waals surface area contributed by atoms with Gasteiger partial charge in [-0.15, -0.1) is 6.58 Å². The van der Waals surface area contributed by atoms with E-state index in [4.69, 9.17) is 4.74 Å². The minimum Gasteiger partial charge on any atom is -0.489 e. The molecule has 0 saturated carbocycles. The fraction of sp³-hybridized carbons (Fsp3) is 0.217. The number of ether oxygens (including phenoxy) is 1. The normalized spacial score (nSPS) is 9.39. The Kier molecular flexibility index (Phi) is 9.23. The Morgan fingerprint density at radius 1 is 1.14 bits per heavy atom. The second kappa shape index (κ2) is 11.4. The summed E-state index contributed by atoms with van der Waals surface area (Å²) in [5, 5.41) is 1.37. The summed E-state index contributed by atoms with van der Waals surface area (Å²) in [7, 11) is 0. The molecule has 148 valence electrons. The van der Waals surface area contributed by atoms with Crippen molar-refractivity contribution in [3.63, 3.8) is 0 Å². The maximum atomic E-state index is 12.0. The topological polar surface area (TPSA) is 70.8 Å². The largest absolute Gasteiger partial charge is 0.489 e. The Balaban J connectivity index is 0.000000600.